The molecule has 1 amide bonds. The van der Waals surface area contributed by atoms with Crippen molar-refractivity contribution >= 4 is 28.7 Å². The van der Waals surface area contributed by atoms with Gasteiger partial charge < -0.3 is 15.0 Å². The molecule has 0 bridgehead atoms. The molecule has 0 saturated heterocycles. The monoisotopic (exact) mass is 297 g/mol. The standard InChI is InChI=1S/C12H16ClN5O2/c1-7(5-8(14)19)18-9(3-4-13)17-10-11(18)15-6-16-12(10)20-2/h6-7H,3-5H2,1-2H3,(H2,14,19). The number of halogens is 1. The van der Waals surface area contributed by atoms with Crippen molar-refractivity contribution in [1.82, 2.24) is 19.5 Å². The van der Waals surface area contributed by atoms with Gasteiger partial charge in [0.15, 0.2) is 11.2 Å². The number of carbonyl (C=O) groups excluding carboxylic acids is 1. The third kappa shape index (κ3) is 2.67. The predicted octanol–water partition coefficient (Wildman–Crippen LogP) is 1.05. The smallest absolute Gasteiger partial charge is 0.245 e. The normalized spacial score (nSPS) is 12.6. The Bertz CT molecular complexity index is 628. The molecule has 1 unspecified atom stereocenters. The van der Waals surface area contributed by atoms with Gasteiger partial charge in [0.1, 0.15) is 12.2 Å². The van der Waals surface area contributed by atoms with Crippen molar-refractivity contribution in [3.63, 3.8) is 0 Å². The van der Waals surface area contributed by atoms with Crippen LogP contribution < -0.4 is 10.5 Å². The molecule has 2 rings (SSSR count). The predicted molar refractivity (Wildman–Crippen MR) is 74.8 cm³/mol. The summed E-state index contributed by atoms with van der Waals surface area (Å²) in [6.45, 7) is 1.89. The zero-order valence-electron chi connectivity index (χ0n) is 11.3. The van der Waals surface area contributed by atoms with Crippen molar-refractivity contribution in [1.29, 1.82) is 0 Å². The lowest BCUT2D eigenvalue weighted by atomic mass is 10.2. The van der Waals surface area contributed by atoms with Crippen molar-refractivity contribution in [3.05, 3.63) is 12.2 Å². The van der Waals surface area contributed by atoms with Gasteiger partial charge in [-0.15, -0.1) is 11.6 Å². The number of hydrogen-bond donors (Lipinski definition) is 1. The minimum Gasteiger partial charge on any atom is -0.479 e. The van der Waals surface area contributed by atoms with Crippen LogP contribution in [-0.2, 0) is 11.2 Å². The summed E-state index contributed by atoms with van der Waals surface area (Å²) >= 11 is 5.81. The van der Waals surface area contributed by atoms with E-state index in [4.69, 9.17) is 22.1 Å². The molecule has 0 radical (unpaired) electrons. The number of alkyl halides is 1. The fraction of sp³-hybridized carbons (Fsp3) is 0.500. The van der Waals surface area contributed by atoms with E-state index in [9.17, 15) is 4.79 Å². The molecule has 0 saturated carbocycles. The zero-order valence-corrected chi connectivity index (χ0v) is 12.1. The average Bonchev–Trinajstić information content (AvgIpc) is 2.76. The van der Waals surface area contributed by atoms with Gasteiger partial charge in [-0.2, -0.15) is 4.98 Å². The first-order chi connectivity index (χ1) is 9.58. The summed E-state index contributed by atoms with van der Waals surface area (Å²) < 4.78 is 7.05. The van der Waals surface area contributed by atoms with Crippen molar-refractivity contribution < 1.29 is 9.53 Å². The number of rotatable bonds is 6. The molecule has 0 aromatic carbocycles. The second kappa shape index (κ2) is 6.04. The summed E-state index contributed by atoms with van der Waals surface area (Å²) in [5, 5.41) is 0. The van der Waals surface area contributed by atoms with E-state index in [1.54, 1.807) is 0 Å². The Kier molecular flexibility index (Phi) is 4.39. The van der Waals surface area contributed by atoms with Crippen molar-refractivity contribution in [2.45, 2.75) is 25.8 Å². The van der Waals surface area contributed by atoms with Crippen LogP contribution in [0.15, 0.2) is 6.33 Å². The van der Waals surface area contributed by atoms with Crippen LogP contribution in [0.5, 0.6) is 5.88 Å². The summed E-state index contributed by atoms with van der Waals surface area (Å²) in [4.78, 5) is 23.9. The van der Waals surface area contributed by atoms with E-state index < -0.39 is 0 Å². The third-order valence-corrected chi connectivity index (χ3v) is 3.15. The summed E-state index contributed by atoms with van der Waals surface area (Å²) in [7, 11) is 1.52. The highest BCUT2D eigenvalue weighted by Gasteiger charge is 2.20. The molecule has 1 atom stereocenters. The number of imidazole rings is 1. The van der Waals surface area contributed by atoms with E-state index in [2.05, 4.69) is 15.0 Å². The van der Waals surface area contributed by atoms with Crippen LogP contribution in [0.1, 0.15) is 25.2 Å². The second-order valence-electron chi connectivity index (χ2n) is 4.41. The molecular weight excluding hydrogens is 282 g/mol. The molecule has 0 aliphatic rings. The minimum atomic E-state index is -0.378. The molecule has 2 N–H and O–H groups in total. The molecule has 7 nitrogen and oxygen atoms in total. The Morgan fingerprint density at radius 3 is 2.90 bits per heavy atom. The number of aromatic nitrogens is 4. The van der Waals surface area contributed by atoms with Crippen molar-refractivity contribution in [2.75, 3.05) is 13.0 Å². The molecule has 0 aliphatic heterocycles. The molecule has 2 heterocycles. The van der Waals surface area contributed by atoms with Crippen LogP contribution in [0.3, 0.4) is 0 Å². The lowest BCUT2D eigenvalue weighted by molar-refractivity contribution is -0.118. The Morgan fingerprint density at radius 2 is 2.30 bits per heavy atom. The Morgan fingerprint density at radius 1 is 1.55 bits per heavy atom. The van der Waals surface area contributed by atoms with Crippen LogP contribution in [0.25, 0.3) is 11.2 Å². The fourth-order valence-corrected chi connectivity index (χ4v) is 2.36. The number of carbonyl (C=O) groups is 1. The van der Waals surface area contributed by atoms with Gasteiger partial charge >= 0.3 is 0 Å². The molecule has 2 aromatic heterocycles. The molecule has 20 heavy (non-hydrogen) atoms. The number of hydrogen-bond acceptors (Lipinski definition) is 5. The van der Waals surface area contributed by atoms with E-state index in [0.717, 1.165) is 5.82 Å². The average molecular weight is 298 g/mol. The molecule has 0 spiro atoms. The van der Waals surface area contributed by atoms with E-state index >= 15 is 0 Å². The quantitative estimate of drug-likeness (QED) is 0.804. The molecule has 108 valence electrons. The lowest BCUT2D eigenvalue weighted by Crippen LogP contribution is -2.19. The van der Waals surface area contributed by atoms with Gasteiger partial charge in [0, 0.05) is 24.8 Å². The van der Waals surface area contributed by atoms with Gasteiger partial charge in [-0.3, -0.25) is 4.79 Å². The van der Waals surface area contributed by atoms with Gasteiger partial charge in [-0.25, -0.2) is 9.97 Å². The molecule has 8 heteroatoms. The van der Waals surface area contributed by atoms with Crippen LogP contribution in [0.2, 0.25) is 0 Å². The van der Waals surface area contributed by atoms with E-state index in [0.29, 0.717) is 29.3 Å². The van der Waals surface area contributed by atoms with Crippen molar-refractivity contribution in [2.24, 2.45) is 5.73 Å². The number of fused-ring (bicyclic) bond motifs is 1. The first kappa shape index (κ1) is 14.5. The minimum absolute atomic E-state index is 0.157. The van der Waals surface area contributed by atoms with E-state index in [1.165, 1.54) is 13.4 Å². The van der Waals surface area contributed by atoms with E-state index in [-0.39, 0.29) is 18.4 Å². The van der Waals surface area contributed by atoms with Gasteiger partial charge in [-0.05, 0) is 6.92 Å². The van der Waals surface area contributed by atoms with Gasteiger partial charge in [-0.1, -0.05) is 0 Å². The summed E-state index contributed by atoms with van der Waals surface area (Å²) in [6, 6.07) is -0.157. The number of primary amides is 1. The number of methoxy groups -OCH3 is 1. The zero-order chi connectivity index (χ0) is 14.7. The summed E-state index contributed by atoms with van der Waals surface area (Å²) in [6.07, 6.45) is 2.16. The number of aryl methyl sites for hydroxylation is 1. The van der Waals surface area contributed by atoms with Crippen LogP contribution in [-0.4, -0.2) is 38.4 Å². The van der Waals surface area contributed by atoms with Crippen LogP contribution in [0, 0.1) is 0 Å². The number of nitrogens with zero attached hydrogens (tertiary/aromatic N) is 4. The lowest BCUT2D eigenvalue weighted by Gasteiger charge is -2.15. The molecule has 0 fully saturated rings. The highest BCUT2D eigenvalue weighted by molar-refractivity contribution is 6.17. The third-order valence-electron chi connectivity index (χ3n) is 2.97. The topological polar surface area (TPSA) is 95.9 Å². The SMILES string of the molecule is COc1ncnc2c1nc(CCCl)n2C(C)CC(N)=O. The van der Waals surface area contributed by atoms with Gasteiger partial charge in [0.05, 0.1) is 7.11 Å². The second-order valence-corrected chi connectivity index (χ2v) is 4.79. The number of ether oxygens (including phenoxy) is 1. The molecule has 2 aromatic rings. The largest absolute Gasteiger partial charge is 0.479 e. The van der Waals surface area contributed by atoms with Crippen molar-refractivity contribution in [3.8, 4) is 5.88 Å². The Balaban J connectivity index is 2.59. The maximum atomic E-state index is 11.1. The van der Waals surface area contributed by atoms with Gasteiger partial charge in [0.2, 0.25) is 11.8 Å². The first-order valence-corrected chi connectivity index (χ1v) is 6.72. The van der Waals surface area contributed by atoms with Gasteiger partial charge in [0.25, 0.3) is 0 Å². The highest BCUT2D eigenvalue weighted by atomic mass is 35.5. The van der Waals surface area contributed by atoms with Crippen LogP contribution in [0.4, 0.5) is 0 Å². The van der Waals surface area contributed by atoms with E-state index in [1.807, 2.05) is 11.5 Å². The summed E-state index contributed by atoms with van der Waals surface area (Å²) in [5.41, 5.74) is 6.45. The maximum absolute atomic E-state index is 11.1. The Labute approximate surface area is 121 Å². The molecule has 0 aliphatic carbocycles. The highest BCUT2D eigenvalue weighted by Crippen LogP contribution is 2.26. The molecular formula is C12H16ClN5O2. The summed E-state index contributed by atoms with van der Waals surface area (Å²) in [5.74, 6) is 1.18. The fourth-order valence-electron chi connectivity index (χ4n) is 2.19. The number of amides is 1. The number of nitrogens with two attached hydrogens (primary N) is 1. The first-order valence-electron chi connectivity index (χ1n) is 6.18. The maximum Gasteiger partial charge on any atom is 0.245 e. The Hall–Kier alpha value is -1.89. The van der Waals surface area contributed by atoms with Crippen LogP contribution >= 0.6 is 11.6 Å².